The van der Waals surface area contributed by atoms with Gasteiger partial charge in [0.25, 0.3) is 0 Å². The Labute approximate surface area is 88.6 Å². The first kappa shape index (κ1) is 11.7. The van der Waals surface area contributed by atoms with Gasteiger partial charge in [-0.2, -0.15) is 0 Å². The standard InChI is InChI=1S/C12H22OSi/c1-10-6-5-7-11(12(10)8-13)9-14(2,3)4/h5,7-8,10-12H,6,9H2,1-4H3. The van der Waals surface area contributed by atoms with E-state index in [1.165, 1.54) is 12.3 Å². The summed E-state index contributed by atoms with van der Waals surface area (Å²) in [5.41, 5.74) is 0. The second kappa shape index (κ2) is 4.43. The molecule has 0 aromatic rings. The van der Waals surface area contributed by atoms with Crippen LogP contribution in [0.1, 0.15) is 13.3 Å². The van der Waals surface area contributed by atoms with E-state index in [0.717, 1.165) is 6.42 Å². The van der Waals surface area contributed by atoms with Crippen LogP contribution in [0.4, 0.5) is 0 Å². The minimum absolute atomic E-state index is 0.270. The van der Waals surface area contributed by atoms with Crippen molar-refractivity contribution in [3.63, 3.8) is 0 Å². The monoisotopic (exact) mass is 210 g/mol. The molecule has 3 unspecified atom stereocenters. The molecule has 1 aliphatic carbocycles. The molecule has 0 saturated carbocycles. The zero-order valence-corrected chi connectivity index (χ0v) is 10.8. The van der Waals surface area contributed by atoms with Crippen LogP contribution in [0.5, 0.6) is 0 Å². The van der Waals surface area contributed by atoms with Gasteiger partial charge in [-0.05, 0) is 18.3 Å². The molecule has 0 saturated heterocycles. The molecule has 1 nitrogen and oxygen atoms in total. The Balaban J connectivity index is 2.70. The summed E-state index contributed by atoms with van der Waals surface area (Å²) in [6.07, 6.45) is 6.79. The lowest BCUT2D eigenvalue weighted by atomic mass is 9.78. The minimum atomic E-state index is -1.04. The molecule has 1 aliphatic rings. The summed E-state index contributed by atoms with van der Waals surface area (Å²) in [6, 6.07) is 1.25. The second-order valence-electron chi connectivity index (χ2n) is 5.78. The van der Waals surface area contributed by atoms with Gasteiger partial charge in [0.1, 0.15) is 6.29 Å². The van der Waals surface area contributed by atoms with Crippen molar-refractivity contribution in [3.05, 3.63) is 12.2 Å². The largest absolute Gasteiger partial charge is 0.303 e. The van der Waals surface area contributed by atoms with Crippen molar-refractivity contribution in [1.82, 2.24) is 0 Å². The van der Waals surface area contributed by atoms with Gasteiger partial charge in [-0.15, -0.1) is 0 Å². The summed E-state index contributed by atoms with van der Waals surface area (Å²) in [5.74, 6) is 1.33. The number of hydrogen-bond donors (Lipinski definition) is 0. The molecule has 0 N–H and O–H groups in total. The summed E-state index contributed by atoms with van der Waals surface area (Å²) in [6.45, 7) is 9.33. The van der Waals surface area contributed by atoms with Crippen LogP contribution in [0, 0.1) is 17.8 Å². The lowest BCUT2D eigenvalue weighted by molar-refractivity contribution is -0.113. The van der Waals surface area contributed by atoms with Crippen LogP contribution in [-0.4, -0.2) is 14.4 Å². The van der Waals surface area contributed by atoms with Crippen molar-refractivity contribution in [3.8, 4) is 0 Å². The Bertz CT molecular complexity index is 227. The van der Waals surface area contributed by atoms with Crippen LogP contribution in [-0.2, 0) is 4.79 Å². The molecular weight excluding hydrogens is 188 g/mol. The molecule has 0 amide bonds. The number of aldehydes is 1. The molecule has 2 heteroatoms. The van der Waals surface area contributed by atoms with Gasteiger partial charge >= 0.3 is 0 Å². The third-order valence-corrected chi connectivity index (χ3v) is 4.74. The van der Waals surface area contributed by atoms with Crippen LogP contribution in [0.2, 0.25) is 25.7 Å². The van der Waals surface area contributed by atoms with E-state index in [4.69, 9.17) is 0 Å². The molecule has 0 bridgehead atoms. The predicted octanol–water partition coefficient (Wildman–Crippen LogP) is 3.35. The van der Waals surface area contributed by atoms with Crippen LogP contribution < -0.4 is 0 Å². The normalized spacial score (nSPS) is 33.0. The third-order valence-electron chi connectivity index (χ3n) is 3.05. The van der Waals surface area contributed by atoms with Gasteiger partial charge in [-0.3, -0.25) is 0 Å². The predicted molar refractivity (Wildman–Crippen MR) is 64.1 cm³/mol. The van der Waals surface area contributed by atoms with Crippen LogP contribution in [0.25, 0.3) is 0 Å². The molecule has 0 radical (unpaired) electrons. The highest BCUT2D eigenvalue weighted by molar-refractivity contribution is 6.76. The fourth-order valence-electron chi connectivity index (χ4n) is 2.32. The number of carbonyl (C=O) groups is 1. The van der Waals surface area contributed by atoms with Gasteiger partial charge in [0.05, 0.1) is 0 Å². The molecule has 0 aromatic heterocycles. The van der Waals surface area contributed by atoms with Crippen molar-refractivity contribution in [2.24, 2.45) is 17.8 Å². The van der Waals surface area contributed by atoms with E-state index in [9.17, 15) is 4.79 Å². The SMILES string of the molecule is CC1CC=CC(C[Si](C)(C)C)C1C=O. The Morgan fingerprint density at radius 1 is 1.43 bits per heavy atom. The molecule has 1 rings (SSSR count). The van der Waals surface area contributed by atoms with Gasteiger partial charge in [0.15, 0.2) is 0 Å². The summed E-state index contributed by atoms with van der Waals surface area (Å²) < 4.78 is 0. The number of hydrogen-bond acceptors (Lipinski definition) is 1. The smallest absolute Gasteiger partial charge is 0.123 e. The van der Waals surface area contributed by atoms with Crippen molar-refractivity contribution in [2.45, 2.75) is 39.0 Å². The van der Waals surface area contributed by atoms with Crippen LogP contribution >= 0.6 is 0 Å². The highest BCUT2D eigenvalue weighted by Gasteiger charge is 2.30. The highest BCUT2D eigenvalue weighted by Crippen LogP contribution is 2.33. The summed E-state index contributed by atoms with van der Waals surface area (Å²) in [4.78, 5) is 11.0. The number of allylic oxidation sites excluding steroid dienone is 2. The fourth-order valence-corrected chi connectivity index (χ4v) is 4.14. The Morgan fingerprint density at radius 3 is 2.57 bits per heavy atom. The zero-order valence-electron chi connectivity index (χ0n) is 9.79. The summed E-state index contributed by atoms with van der Waals surface area (Å²) in [7, 11) is -1.04. The maximum absolute atomic E-state index is 11.0. The fraction of sp³-hybridized carbons (Fsp3) is 0.750. The van der Waals surface area contributed by atoms with E-state index in [1.54, 1.807) is 0 Å². The molecule has 0 heterocycles. The highest BCUT2D eigenvalue weighted by atomic mass is 28.3. The van der Waals surface area contributed by atoms with Crippen molar-refractivity contribution in [2.75, 3.05) is 0 Å². The minimum Gasteiger partial charge on any atom is -0.303 e. The van der Waals surface area contributed by atoms with Gasteiger partial charge in [-0.1, -0.05) is 44.8 Å². The molecular formula is C12H22OSi. The summed E-state index contributed by atoms with van der Waals surface area (Å²) >= 11 is 0. The second-order valence-corrected chi connectivity index (χ2v) is 11.3. The van der Waals surface area contributed by atoms with Crippen LogP contribution in [0.3, 0.4) is 0 Å². The molecule has 3 atom stereocenters. The van der Waals surface area contributed by atoms with Gasteiger partial charge in [0.2, 0.25) is 0 Å². The quantitative estimate of drug-likeness (QED) is 0.396. The zero-order chi connectivity index (χ0) is 10.8. The van der Waals surface area contributed by atoms with Gasteiger partial charge in [0, 0.05) is 14.0 Å². The molecule has 14 heavy (non-hydrogen) atoms. The van der Waals surface area contributed by atoms with Crippen molar-refractivity contribution >= 4 is 14.4 Å². The van der Waals surface area contributed by atoms with E-state index < -0.39 is 8.07 Å². The molecule has 80 valence electrons. The molecule has 0 aromatic carbocycles. The summed E-state index contributed by atoms with van der Waals surface area (Å²) in [5, 5.41) is 0. The third kappa shape index (κ3) is 3.09. The first-order valence-corrected chi connectivity index (χ1v) is 9.27. The van der Waals surface area contributed by atoms with Gasteiger partial charge in [-0.25, -0.2) is 0 Å². The Hall–Kier alpha value is -0.373. The number of carbonyl (C=O) groups excluding carboxylic acids is 1. The lowest BCUT2D eigenvalue weighted by Crippen LogP contribution is -2.32. The van der Waals surface area contributed by atoms with Crippen molar-refractivity contribution in [1.29, 1.82) is 0 Å². The van der Waals surface area contributed by atoms with E-state index in [2.05, 4.69) is 38.7 Å². The van der Waals surface area contributed by atoms with E-state index in [0.29, 0.717) is 11.8 Å². The Kier molecular flexibility index (Phi) is 3.70. The van der Waals surface area contributed by atoms with Crippen molar-refractivity contribution < 1.29 is 4.79 Å². The lowest BCUT2D eigenvalue weighted by Gasteiger charge is -2.32. The maximum atomic E-state index is 11.0. The Morgan fingerprint density at radius 2 is 2.07 bits per heavy atom. The maximum Gasteiger partial charge on any atom is 0.123 e. The average molecular weight is 210 g/mol. The van der Waals surface area contributed by atoms with E-state index >= 15 is 0 Å². The number of rotatable bonds is 3. The van der Waals surface area contributed by atoms with Crippen LogP contribution in [0.15, 0.2) is 12.2 Å². The topological polar surface area (TPSA) is 17.1 Å². The molecule has 0 spiro atoms. The molecule has 0 fully saturated rings. The molecule has 0 aliphatic heterocycles. The van der Waals surface area contributed by atoms with E-state index in [-0.39, 0.29) is 5.92 Å². The van der Waals surface area contributed by atoms with E-state index in [1.807, 2.05) is 0 Å². The first-order valence-electron chi connectivity index (χ1n) is 5.56. The average Bonchev–Trinajstić information content (AvgIpc) is 2.01. The van der Waals surface area contributed by atoms with Gasteiger partial charge < -0.3 is 4.79 Å². The first-order chi connectivity index (χ1) is 6.44.